The normalized spacial score (nSPS) is 11.2. The van der Waals surface area contributed by atoms with Gasteiger partial charge in [0.25, 0.3) is 11.5 Å². The minimum atomic E-state index is -0.647. The van der Waals surface area contributed by atoms with E-state index in [9.17, 15) is 14.9 Å². The molecular weight excluding hydrogens is 452 g/mol. The van der Waals surface area contributed by atoms with Gasteiger partial charge < -0.3 is 10.1 Å². The van der Waals surface area contributed by atoms with Gasteiger partial charge in [0.15, 0.2) is 0 Å². The summed E-state index contributed by atoms with van der Waals surface area (Å²) in [5.41, 5.74) is 1.95. The van der Waals surface area contributed by atoms with E-state index in [1.807, 2.05) is 38.1 Å². The van der Waals surface area contributed by atoms with Crippen molar-refractivity contribution in [2.24, 2.45) is 0 Å². The summed E-state index contributed by atoms with van der Waals surface area (Å²) in [6.07, 6.45) is 2.75. The fraction of sp³-hybridized carbons (Fsp3) is 0.0769. The van der Waals surface area contributed by atoms with Crippen LogP contribution in [0.25, 0.3) is 11.7 Å². The number of hydrogen-bond acceptors (Lipinski definition) is 5. The van der Waals surface area contributed by atoms with Gasteiger partial charge in [-0.25, -0.2) is 0 Å². The van der Waals surface area contributed by atoms with Crippen molar-refractivity contribution in [3.8, 4) is 17.7 Å². The molecule has 0 spiro atoms. The summed E-state index contributed by atoms with van der Waals surface area (Å²) < 4.78 is 7.18. The van der Waals surface area contributed by atoms with E-state index in [-0.39, 0.29) is 17.0 Å². The first-order valence-electron chi connectivity index (χ1n) is 10.3. The van der Waals surface area contributed by atoms with E-state index in [1.54, 1.807) is 48.7 Å². The number of nitrogens with one attached hydrogen (secondary N) is 1. The number of carbonyl (C=O) groups is 1. The standard InChI is InChI=1S/C26H19ClN4O3/c1-16-6-7-17(2)22(13-16)29-24(32)18(15-28)14-21-25(34-20-10-8-19(27)9-11-20)30-23-5-3-4-12-31(23)26(21)33/h3-14H,1-2H3,(H,29,32). The van der Waals surface area contributed by atoms with Crippen LogP contribution in [0.4, 0.5) is 5.69 Å². The highest BCUT2D eigenvalue weighted by atomic mass is 35.5. The lowest BCUT2D eigenvalue weighted by molar-refractivity contribution is -0.112. The van der Waals surface area contributed by atoms with Gasteiger partial charge in [-0.3, -0.25) is 14.0 Å². The Bertz CT molecular complexity index is 1530. The van der Waals surface area contributed by atoms with Gasteiger partial charge in [-0.05, 0) is 73.5 Å². The highest BCUT2D eigenvalue weighted by Gasteiger charge is 2.18. The lowest BCUT2D eigenvalue weighted by atomic mass is 10.1. The number of ether oxygens (including phenoxy) is 1. The van der Waals surface area contributed by atoms with Gasteiger partial charge >= 0.3 is 0 Å². The second kappa shape index (κ2) is 9.61. The maximum Gasteiger partial charge on any atom is 0.269 e. The van der Waals surface area contributed by atoms with Crippen LogP contribution in [0.1, 0.15) is 16.7 Å². The number of hydrogen-bond donors (Lipinski definition) is 1. The summed E-state index contributed by atoms with van der Waals surface area (Å²) in [5, 5.41) is 13.0. The average molecular weight is 471 g/mol. The minimum absolute atomic E-state index is 0.0358. The quantitative estimate of drug-likeness (QED) is 0.315. The molecule has 8 heteroatoms. The lowest BCUT2D eigenvalue weighted by Crippen LogP contribution is -2.20. The number of aryl methyl sites for hydroxylation is 2. The van der Waals surface area contributed by atoms with Crippen LogP contribution in [0.2, 0.25) is 5.02 Å². The third-order valence-corrected chi connectivity index (χ3v) is 5.31. The first-order chi connectivity index (χ1) is 16.4. The van der Waals surface area contributed by atoms with E-state index in [0.717, 1.165) is 11.1 Å². The SMILES string of the molecule is Cc1ccc(C)c(NC(=O)C(C#N)=Cc2c(Oc3ccc(Cl)cc3)nc3ccccn3c2=O)c1. The van der Waals surface area contributed by atoms with E-state index in [4.69, 9.17) is 16.3 Å². The Kier molecular flexibility index (Phi) is 6.44. The van der Waals surface area contributed by atoms with Crippen molar-refractivity contribution in [1.82, 2.24) is 9.38 Å². The Hall–Kier alpha value is -4.41. The summed E-state index contributed by atoms with van der Waals surface area (Å²) in [7, 11) is 0. The summed E-state index contributed by atoms with van der Waals surface area (Å²) in [4.78, 5) is 30.6. The van der Waals surface area contributed by atoms with Crippen LogP contribution in [0.5, 0.6) is 11.6 Å². The Morgan fingerprint density at radius 1 is 1.15 bits per heavy atom. The number of anilines is 1. The Labute approximate surface area is 200 Å². The molecule has 7 nitrogen and oxygen atoms in total. The Morgan fingerprint density at radius 3 is 2.65 bits per heavy atom. The predicted octanol–water partition coefficient (Wildman–Crippen LogP) is 5.30. The summed E-state index contributed by atoms with van der Waals surface area (Å²) in [6, 6.07) is 19.1. The van der Waals surface area contributed by atoms with Crippen LogP contribution in [0.3, 0.4) is 0 Å². The maximum absolute atomic E-state index is 13.3. The highest BCUT2D eigenvalue weighted by molar-refractivity contribution is 6.30. The van der Waals surface area contributed by atoms with Gasteiger partial charge in [0.05, 0.1) is 0 Å². The van der Waals surface area contributed by atoms with Crippen molar-refractivity contribution in [3.05, 3.63) is 105 Å². The van der Waals surface area contributed by atoms with E-state index >= 15 is 0 Å². The minimum Gasteiger partial charge on any atom is -0.438 e. The summed E-state index contributed by atoms with van der Waals surface area (Å²) in [5.74, 6) is -0.290. The van der Waals surface area contributed by atoms with Gasteiger partial charge in [0.2, 0.25) is 5.88 Å². The number of halogens is 1. The van der Waals surface area contributed by atoms with Gasteiger partial charge in [0.1, 0.15) is 28.6 Å². The highest BCUT2D eigenvalue weighted by Crippen LogP contribution is 2.25. The smallest absolute Gasteiger partial charge is 0.269 e. The number of fused-ring (bicyclic) bond motifs is 1. The molecule has 0 bridgehead atoms. The van der Waals surface area contributed by atoms with Crippen molar-refractivity contribution >= 4 is 34.9 Å². The van der Waals surface area contributed by atoms with Gasteiger partial charge in [0, 0.05) is 16.9 Å². The van der Waals surface area contributed by atoms with Crippen LogP contribution in [0.15, 0.2) is 77.2 Å². The van der Waals surface area contributed by atoms with E-state index < -0.39 is 11.5 Å². The molecule has 0 radical (unpaired) electrons. The molecule has 0 unspecified atom stereocenters. The molecule has 1 N–H and O–H groups in total. The third kappa shape index (κ3) is 4.82. The lowest BCUT2D eigenvalue weighted by Gasteiger charge is -2.11. The molecule has 0 saturated carbocycles. The molecule has 0 atom stereocenters. The monoisotopic (exact) mass is 470 g/mol. The number of aromatic nitrogens is 2. The number of amides is 1. The van der Waals surface area contributed by atoms with Crippen molar-refractivity contribution in [1.29, 1.82) is 5.26 Å². The zero-order chi connectivity index (χ0) is 24.2. The van der Waals surface area contributed by atoms with Crippen LogP contribution in [-0.4, -0.2) is 15.3 Å². The Balaban J connectivity index is 1.80. The fourth-order valence-corrected chi connectivity index (χ4v) is 3.38. The first kappa shape index (κ1) is 22.8. The second-order valence-corrected chi connectivity index (χ2v) is 8.00. The molecule has 34 heavy (non-hydrogen) atoms. The second-order valence-electron chi connectivity index (χ2n) is 7.56. The average Bonchev–Trinajstić information content (AvgIpc) is 2.83. The van der Waals surface area contributed by atoms with Crippen molar-refractivity contribution in [2.75, 3.05) is 5.32 Å². The number of nitrogens with zero attached hydrogens (tertiary/aromatic N) is 3. The van der Waals surface area contributed by atoms with Crippen LogP contribution < -0.4 is 15.6 Å². The molecular formula is C26H19ClN4O3. The molecule has 2 heterocycles. The number of carbonyl (C=O) groups excluding carboxylic acids is 1. The van der Waals surface area contributed by atoms with Crippen molar-refractivity contribution in [2.45, 2.75) is 13.8 Å². The molecule has 4 rings (SSSR count). The zero-order valence-corrected chi connectivity index (χ0v) is 19.1. The van der Waals surface area contributed by atoms with Gasteiger partial charge in [-0.1, -0.05) is 29.8 Å². The number of pyridine rings is 1. The fourth-order valence-electron chi connectivity index (χ4n) is 3.25. The summed E-state index contributed by atoms with van der Waals surface area (Å²) in [6.45, 7) is 3.75. The predicted molar refractivity (Wildman–Crippen MR) is 131 cm³/mol. The number of nitriles is 1. The van der Waals surface area contributed by atoms with Gasteiger partial charge in [-0.2, -0.15) is 10.2 Å². The summed E-state index contributed by atoms with van der Waals surface area (Å²) >= 11 is 5.94. The molecule has 0 saturated heterocycles. The molecule has 0 aliphatic rings. The van der Waals surface area contributed by atoms with Crippen LogP contribution in [0, 0.1) is 25.2 Å². The molecule has 2 aromatic heterocycles. The number of benzene rings is 2. The third-order valence-electron chi connectivity index (χ3n) is 5.06. The Morgan fingerprint density at radius 2 is 1.91 bits per heavy atom. The first-order valence-corrected chi connectivity index (χ1v) is 10.7. The van der Waals surface area contributed by atoms with E-state index in [1.165, 1.54) is 10.5 Å². The molecule has 0 aliphatic heterocycles. The van der Waals surface area contributed by atoms with Gasteiger partial charge in [-0.15, -0.1) is 0 Å². The molecule has 1 amide bonds. The molecule has 4 aromatic rings. The van der Waals surface area contributed by atoms with E-state index in [0.29, 0.717) is 22.1 Å². The van der Waals surface area contributed by atoms with E-state index in [2.05, 4.69) is 10.3 Å². The molecule has 0 aliphatic carbocycles. The topological polar surface area (TPSA) is 96.5 Å². The zero-order valence-electron chi connectivity index (χ0n) is 18.4. The maximum atomic E-state index is 13.3. The largest absolute Gasteiger partial charge is 0.438 e. The van der Waals surface area contributed by atoms with Crippen molar-refractivity contribution < 1.29 is 9.53 Å². The van der Waals surface area contributed by atoms with Crippen LogP contribution in [-0.2, 0) is 4.79 Å². The van der Waals surface area contributed by atoms with Crippen LogP contribution >= 0.6 is 11.6 Å². The molecule has 0 fully saturated rings. The van der Waals surface area contributed by atoms with Crippen molar-refractivity contribution in [3.63, 3.8) is 0 Å². The molecule has 168 valence electrons. The number of rotatable bonds is 5. The molecule has 2 aromatic carbocycles.